The number of nitrogens with zero attached hydrogens (tertiary/aromatic N) is 1. The van der Waals surface area contributed by atoms with Gasteiger partial charge >= 0.3 is 5.97 Å². The standard InChI is InChI=1S/C23H47NO2/c1-4-7-8-9-10-11-12-13-14-15-16-19-22-26-23(25)20-17-18-21-24(5-2)6-3/h4-22H2,1-3H3. The highest BCUT2D eigenvalue weighted by molar-refractivity contribution is 5.69. The van der Waals surface area contributed by atoms with Crippen LogP contribution in [-0.4, -0.2) is 37.1 Å². The summed E-state index contributed by atoms with van der Waals surface area (Å²) in [5.41, 5.74) is 0. The maximum absolute atomic E-state index is 11.7. The van der Waals surface area contributed by atoms with Crippen LogP contribution >= 0.6 is 0 Å². The van der Waals surface area contributed by atoms with Gasteiger partial charge in [-0.05, 0) is 38.9 Å². The molecule has 0 aromatic heterocycles. The van der Waals surface area contributed by atoms with Crippen molar-refractivity contribution < 1.29 is 9.53 Å². The van der Waals surface area contributed by atoms with Crippen molar-refractivity contribution in [3.63, 3.8) is 0 Å². The molecule has 0 spiro atoms. The molecule has 0 unspecified atom stereocenters. The van der Waals surface area contributed by atoms with Crippen molar-refractivity contribution in [3.05, 3.63) is 0 Å². The molecule has 0 saturated heterocycles. The van der Waals surface area contributed by atoms with Gasteiger partial charge in [0.05, 0.1) is 6.61 Å². The Morgan fingerprint density at radius 3 is 1.65 bits per heavy atom. The van der Waals surface area contributed by atoms with Gasteiger partial charge in [0, 0.05) is 6.42 Å². The third-order valence-electron chi connectivity index (χ3n) is 5.26. The van der Waals surface area contributed by atoms with Crippen LogP contribution in [-0.2, 0) is 9.53 Å². The summed E-state index contributed by atoms with van der Waals surface area (Å²) in [4.78, 5) is 14.1. The van der Waals surface area contributed by atoms with Gasteiger partial charge in [-0.25, -0.2) is 0 Å². The van der Waals surface area contributed by atoms with Gasteiger partial charge < -0.3 is 9.64 Å². The lowest BCUT2D eigenvalue weighted by molar-refractivity contribution is -0.143. The molecule has 0 N–H and O–H groups in total. The molecule has 3 heteroatoms. The van der Waals surface area contributed by atoms with E-state index in [2.05, 4.69) is 25.7 Å². The molecule has 0 saturated carbocycles. The van der Waals surface area contributed by atoms with E-state index >= 15 is 0 Å². The topological polar surface area (TPSA) is 29.5 Å². The van der Waals surface area contributed by atoms with Crippen molar-refractivity contribution in [1.82, 2.24) is 4.90 Å². The predicted octanol–water partition coefficient (Wildman–Crippen LogP) is 6.74. The zero-order chi connectivity index (χ0) is 19.3. The number of ether oxygens (including phenoxy) is 1. The molecule has 0 bridgehead atoms. The van der Waals surface area contributed by atoms with Gasteiger partial charge in [-0.3, -0.25) is 4.79 Å². The summed E-state index contributed by atoms with van der Waals surface area (Å²) in [6, 6.07) is 0. The van der Waals surface area contributed by atoms with Crippen LogP contribution in [0.15, 0.2) is 0 Å². The quantitative estimate of drug-likeness (QED) is 0.176. The number of hydrogen-bond donors (Lipinski definition) is 0. The Morgan fingerprint density at radius 1 is 0.654 bits per heavy atom. The van der Waals surface area contributed by atoms with Crippen molar-refractivity contribution in [2.75, 3.05) is 26.2 Å². The molecular weight excluding hydrogens is 322 g/mol. The molecule has 156 valence electrons. The molecule has 0 radical (unpaired) electrons. The molecule has 0 aliphatic carbocycles. The SMILES string of the molecule is CCCCCCCCCCCCCCOC(=O)CCCCN(CC)CC. The molecule has 0 aliphatic heterocycles. The molecule has 0 heterocycles. The number of carbonyl (C=O) groups excluding carboxylic acids is 1. The van der Waals surface area contributed by atoms with E-state index in [-0.39, 0.29) is 5.97 Å². The van der Waals surface area contributed by atoms with Gasteiger partial charge in [-0.15, -0.1) is 0 Å². The molecule has 26 heavy (non-hydrogen) atoms. The molecule has 3 nitrogen and oxygen atoms in total. The number of rotatable bonds is 20. The van der Waals surface area contributed by atoms with E-state index in [1.54, 1.807) is 0 Å². The van der Waals surface area contributed by atoms with E-state index in [0.29, 0.717) is 13.0 Å². The smallest absolute Gasteiger partial charge is 0.305 e. The first-order valence-electron chi connectivity index (χ1n) is 11.6. The van der Waals surface area contributed by atoms with Crippen LogP contribution in [0, 0.1) is 0 Å². The Morgan fingerprint density at radius 2 is 1.15 bits per heavy atom. The molecule has 0 aliphatic rings. The summed E-state index contributed by atoms with van der Waals surface area (Å²) < 4.78 is 5.34. The highest BCUT2D eigenvalue weighted by Crippen LogP contribution is 2.12. The minimum absolute atomic E-state index is 0.00683. The third kappa shape index (κ3) is 18.2. The van der Waals surface area contributed by atoms with Gasteiger partial charge in [0.2, 0.25) is 0 Å². The Balaban J connectivity index is 3.21. The fourth-order valence-corrected chi connectivity index (χ4v) is 3.35. The van der Waals surface area contributed by atoms with Crippen molar-refractivity contribution >= 4 is 5.97 Å². The van der Waals surface area contributed by atoms with E-state index in [4.69, 9.17) is 4.74 Å². The Labute approximate surface area is 164 Å². The molecule has 0 aromatic rings. The lowest BCUT2D eigenvalue weighted by Crippen LogP contribution is -2.24. The van der Waals surface area contributed by atoms with E-state index in [1.807, 2.05) is 0 Å². The molecule has 0 fully saturated rings. The van der Waals surface area contributed by atoms with Crippen LogP contribution < -0.4 is 0 Å². The Hall–Kier alpha value is -0.570. The predicted molar refractivity (Wildman–Crippen MR) is 114 cm³/mol. The molecule has 0 atom stereocenters. The average Bonchev–Trinajstić information content (AvgIpc) is 2.65. The summed E-state index contributed by atoms with van der Waals surface area (Å²) >= 11 is 0. The Bertz CT molecular complexity index is 290. The first kappa shape index (κ1) is 25.4. The average molecular weight is 370 g/mol. The second-order valence-electron chi connectivity index (χ2n) is 7.59. The second kappa shape index (κ2) is 20.7. The van der Waals surface area contributed by atoms with E-state index in [1.165, 1.54) is 70.6 Å². The summed E-state index contributed by atoms with van der Waals surface area (Å²) in [5.74, 6) is -0.00683. The number of esters is 1. The van der Waals surface area contributed by atoms with Crippen molar-refractivity contribution in [1.29, 1.82) is 0 Å². The first-order valence-corrected chi connectivity index (χ1v) is 11.6. The van der Waals surface area contributed by atoms with Crippen LogP contribution in [0.3, 0.4) is 0 Å². The molecular formula is C23H47NO2. The molecule has 0 aromatic carbocycles. The van der Waals surface area contributed by atoms with Crippen LogP contribution in [0.2, 0.25) is 0 Å². The normalized spacial score (nSPS) is 11.2. The monoisotopic (exact) mass is 369 g/mol. The van der Waals surface area contributed by atoms with E-state index in [9.17, 15) is 4.79 Å². The molecule has 0 amide bonds. The number of carbonyl (C=O) groups is 1. The molecule has 0 rings (SSSR count). The Kier molecular flexibility index (Phi) is 20.3. The highest BCUT2D eigenvalue weighted by atomic mass is 16.5. The fraction of sp³-hybridized carbons (Fsp3) is 0.957. The van der Waals surface area contributed by atoms with E-state index < -0.39 is 0 Å². The van der Waals surface area contributed by atoms with Crippen LogP contribution in [0.5, 0.6) is 0 Å². The minimum Gasteiger partial charge on any atom is -0.466 e. The highest BCUT2D eigenvalue weighted by Gasteiger charge is 2.04. The summed E-state index contributed by atoms with van der Waals surface area (Å²) in [5, 5.41) is 0. The maximum Gasteiger partial charge on any atom is 0.305 e. The minimum atomic E-state index is -0.00683. The maximum atomic E-state index is 11.7. The second-order valence-corrected chi connectivity index (χ2v) is 7.59. The van der Waals surface area contributed by atoms with Crippen LogP contribution in [0.1, 0.15) is 117 Å². The van der Waals surface area contributed by atoms with Gasteiger partial charge in [-0.2, -0.15) is 0 Å². The van der Waals surface area contributed by atoms with Crippen molar-refractivity contribution in [3.8, 4) is 0 Å². The van der Waals surface area contributed by atoms with Gasteiger partial charge in [0.25, 0.3) is 0 Å². The van der Waals surface area contributed by atoms with Crippen molar-refractivity contribution in [2.24, 2.45) is 0 Å². The summed E-state index contributed by atoms with van der Waals surface area (Å²) in [6.45, 7) is 10.6. The van der Waals surface area contributed by atoms with Crippen LogP contribution in [0.4, 0.5) is 0 Å². The lowest BCUT2D eigenvalue weighted by Gasteiger charge is -2.17. The zero-order valence-corrected chi connectivity index (χ0v) is 18.2. The summed E-state index contributed by atoms with van der Waals surface area (Å²) in [7, 11) is 0. The van der Waals surface area contributed by atoms with Crippen molar-refractivity contribution in [2.45, 2.75) is 117 Å². The van der Waals surface area contributed by atoms with Crippen LogP contribution in [0.25, 0.3) is 0 Å². The van der Waals surface area contributed by atoms with E-state index in [0.717, 1.165) is 38.9 Å². The van der Waals surface area contributed by atoms with Gasteiger partial charge in [0.1, 0.15) is 0 Å². The fourth-order valence-electron chi connectivity index (χ4n) is 3.35. The first-order chi connectivity index (χ1) is 12.7. The summed E-state index contributed by atoms with van der Waals surface area (Å²) in [6.07, 6.45) is 18.7. The lowest BCUT2D eigenvalue weighted by atomic mass is 10.1. The number of unbranched alkanes of at least 4 members (excludes halogenated alkanes) is 12. The van der Waals surface area contributed by atoms with Gasteiger partial charge in [0.15, 0.2) is 0 Å². The van der Waals surface area contributed by atoms with Gasteiger partial charge in [-0.1, -0.05) is 91.4 Å². The zero-order valence-electron chi connectivity index (χ0n) is 18.2. The number of hydrogen-bond acceptors (Lipinski definition) is 3. The largest absolute Gasteiger partial charge is 0.466 e. The third-order valence-corrected chi connectivity index (χ3v) is 5.26.